The van der Waals surface area contributed by atoms with Crippen molar-refractivity contribution >= 4 is 15.9 Å². The maximum absolute atomic E-state index is 12.9. The zero-order chi connectivity index (χ0) is 17.9. The molecule has 0 saturated heterocycles. The Morgan fingerprint density at radius 3 is 2.16 bits per heavy atom. The first-order valence-corrected chi connectivity index (χ1v) is 9.92. The van der Waals surface area contributed by atoms with Gasteiger partial charge in [0.05, 0.1) is 10.3 Å². The van der Waals surface area contributed by atoms with E-state index in [9.17, 15) is 13.2 Å². The number of nitrogens with one attached hydrogen (secondary N) is 1. The number of primary sulfonamides is 1. The van der Waals surface area contributed by atoms with Gasteiger partial charge in [-0.05, 0) is 36.1 Å². The lowest BCUT2D eigenvalue weighted by atomic mass is 9.78. The summed E-state index contributed by atoms with van der Waals surface area (Å²) in [5.41, 5.74) is 1.44. The van der Waals surface area contributed by atoms with Gasteiger partial charge in [0.1, 0.15) is 0 Å². The highest BCUT2D eigenvalue weighted by atomic mass is 32.2. The molecule has 0 bridgehead atoms. The molecule has 0 heterocycles. The van der Waals surface area contributed by atoms with Crippen LogP contribution in [-0.2, 0) is 26.8 Å². The normalized spacial score (nSPS) is 16.5. The summed E-state index contributed by atoms with van der Waals surface area (Å²) in [6.07, 6.45) is 3.80. The minimum Gasteiger partial charge on any atom is -0.351 e. The summed E-state index contributed by atoms with van der Waals surface area (Å²) in [4.78, 5) is 13.0. The summed E-state index contributed by atoms with van der Waals surface area (Å²) < 4.78 is 22.6. The Bertz CT molecular complexity index is 840. The average molecular weight is 358 g/mol. The van der Waals surface area contributed by atoms with E-state index < -0.39 is 15.4 Å². The van der Waals surface area contributed by atoms with Crippen molar-refractivity contribution in [3.8, 4) is 0 Å². The number of hydrogen-bond donors (Lipinski definition) is 2. The molecule has 2 aromatic rings. The third kappa shape index (κ3) is 3.75. The van der Waals surface area contributed by atoms with Crippen LogP contribution in [0.1, 0.15) is 36.8 Å². The van der Waals surface area contributed by atoms with Gasteiger partial charge in [-0.1, -0.05) is 55.3 Å². The Morgan fingerprint density at radius 1 is 1.00 bits per heavy atom. The van der Waals surface area contributed by atoms with Crippen molar-refractivity contribution in [3.05, 3.63) is 65.7 Å². The molecule has 1 fully saturated rings. The zero-order valence-electron chi connectivity index (χ0n) is 13.9. The van der Waals surface area contributed by atoms with Crippen molar-refractivity contribution in [3.63, 3.8) is 0 Å². The van der Waals surface area contributed by atoms with E-state index in [4.69, 9.17) is 5.14 Å². The lowest BCUT2D eigenvalue weighted by Gasteiger charge is -2.28. The first kappa shape index (κ1) is 17.6. The summed E-state index contributed by atoms with van der Waals surface area (Å²) in [6, 6.07) is 16.2. The maximum Gasteiger partial charge on any atom is 0.238 e. The molecule has 0 aliphatic heterocycles. The number of carbonyl (C=O) groups is 1. The molecule has 0 radical (unpaired) electrons. The maximum atomic E-state index is 12.9. The molecule has 5 nitrogen and oxygen atoms in total. The molecule has 25 heavy (non-hydrogen) atoms. The highest BCUT2D eigenvalue weighted by Gasteiger charge is 2.42. The Balaban J connectivity index is 1.73. The number of carbonyl (C=O) groups excluding carboxylic acids is 1. The van der Waals surface area contributed by atoms with Crippen LogP contribution >= 0.6 is 0 Å². The van der Waals surface area contributed by atoms with E-state index >= 15 is 0 Å². The van der Waals surface area contributed by atoms with E-state index in [1.807, 2.05) is 30.3 Å². The predicted molar refractivity (Wildman–Crippen MR) is 96.2 cm³/mol. The number of sulfonamides is 1. The van der Waals surface area contributed by atoms with Crippen molar-refractivity contribution < 1.29 is 13.2 Å². The summed E-state index contributed by atoms with van der Waals surface area (Å²) in [6.45, 7) is 0.359. The van der Waals surface area contributed by atoms with Gasteiger partial charge in [-0.25, -0.2) is 13.6 Å². The topological polar surface area (TPSA) is 89.3 Å². The van der Waals surface area contributed by atoms with E-state index in [0.717, 1.165) is 36.8 Å². The van der Waals surface area contributed by atoms with Crippen LogP contribution < -0.4 is 10.5 Å². The second-order valence-corrected chi connectivity index (χ2v) is 8.09. The number of benzene rings is 2. The van der Waals surface area contributed by atoms with Gasteiger partial charge in [-0.3, -0.25) is 4.79 Å². The van der Waals surface area contributed by atoms with Crippen LogP contribution in [0.5, 0.6) is 0 Å². The van der Waals surface area contributed by atoms with Crippen LogP contribution in [0.3, 0.4) is 0 Å². The molecule has 1 saturated carbocycles. The largest absolute Gasteiger partial charge is 0.351 e. The number of amides is 1. The Kier molecular flexibility index (Phi) is 4.92. The molecule has 0 aromatic heterocycles. The molecule has 0 atom stereocenters. The second kappa shape index (κ2) is 6.98. The second-order valence-electron chi connectivity index (χ2n) is 6.53. The third-order valence-electron chi connectivity index (χ3n) is 4.92. The average Bonchev–Trinajstić information content (AvgIpc) is 3.11. The smallest absolute Gasteiger partial charge is 0.238 e. The van der Waals surface area contributed by atoms with Crippen LogP contribution in [0.4, 0.5) is 0 Å². The van der Waals surface area contributed by atoms with Crippen LogP contribution in [0.25, 0.3) is 0 Å². The molecule has 132 valence electrons. The van der Waals surface area contributed by atoms with E-state index in [1.165, 1.54) is 12.1 Å². The van der Waals surface area contributed by atoms with Gasteiger partial charge < -0.3 is 5.32 Å². The Morgan fingerprint density at radius 2 is 1.60 bits per heavy atom. The molecule has 1 amide bonds. The molecule has 0 unspecified atom stereocenters. The van der Waals surface area contributed by atoms with E-state index in [2.05, 4.69) is 5.32 Å². The van der Waals surface area contributed by atoms with Crippen molar-refractivity contribution in [2.45, 2.75) is 42.5 Å². The van der Waals surface area contributed by atoms with E-state index in [-0.39, 0.29) is 10.8 Å². The molecular formula is C19H22N2O3S. The molecule has 0 spiro atoms. The summed E-state index contributed by atoms with van der Waals surface area (Å²) in [5, 5.41) is 8.11. The first-order valence-electron chi connectivity index (χ1n) is 8.37. The fourth-order valence-electron chi connectivity index (χ4n) is 3.53. The first-order chi connectivity index (χ1) is 11.9. The lowest BCUT2D eigenvalue weighted by molar-refractivity contribution is -0.126. The minimum atomic E-state index is -3.70. The van der Waals surface area contributed by atoms with Gasteiger partial charge in [0.2, 0.25) is 15.9 Å². The quantitative estimate of drug-likeness (QED) is 0.860. The molecule has 6 heteroatoms. The van der Waals surface area contributed by atoms with Crippen molar-refractivity contribution in [1.29, 1.82) is 0 Å². The summed E-state index contributed by atoms with van der Waals surface area (Å²) in [7, 11) is -3.70. The highest BCUT2D eigenvalue weighted by Crippen LogP contribution is 2.41. The fraction of sp³-hybridized carbons (Fsp3) is 0.316. The molecule has 1 aliphatic rings. The van der Waals surface area contributed by atoms with Gasteiger partial charge >= 0.3 is 0 Å². The third-order valence-corrected chi connectivity index (χ3v) is 5.85. The molecular weight excluding hydrogens is 336 g/mol. The number of hydrogen-bond acceptors (Lipinski definition) is 3. The van der Waals surface area contributed by atoms with Crippen LogP contribution in [0.2, 0.25) is 0 Å². The van der Waals surface area contributed by atoms with Gasteiger partial charge in [0, 0.05) is 6.54 Å². The standard InChI is InChI=1S/C19H22N2O3S/c20-25(23,24)17-10-8-15(9-11-17)14-21-18(22)19(12-4-5-13-19)16-6-2-1-3-7-16/h1-3,6-11H,4-5,12-14H2,(H,21,22)(H2,20,23,24). The van der Waals surface area contributed by atoms with Gasteiger partial charge in [-0.2, -0.15) is 0 Å². The Hall–Kier alpha value is -2.18. The van der Waals surface area contributed by atoms with Crippen LogP contribution in [0.15, 0.2) is 59.5 Å². The zero-order valence-corrected chi connectivity index (χ0v) is 14.8. The summed E-state index contributed by atoms with van der Waals surface area (Å²) in [5.74, 6) is 0.0340. The van der Waals surface area contributed by atoms with Crippen molar-refractivity contribution in [1.82, 2.24) is 5.32 Å². The predicted octanol–water partition coefficient (Wildman–Crippen LogP) is 2.46. The van der Waals surface area contributed by atoms with Crippen molar-refractivity contribution in [2.24, 2.45) is 5.14 Å². The van der Waals surface area contributed by atoms with Crippen LogP contribution in [-0.4, -0.2) is 14.3 Å². The highest BCUT2D eigenvalue weighted by molar-refractivity contribution is 7.89. The monoisotopic (exact) mass is 358 g/mol. The lowest BCUT2D eigenvalue weighted by Crippen LogP contribution is -2.42. The fourth-order valence-corrected chi connectivity index (χ4v) is 4.05. The molecule has 3 rings (SSSR count). The molecule has 2 aromatic carbocycles. The Labute approximate surface area is 148 Å². The van der Waals surface area contributed by atoms with Crippen LogP contribution in [0, 0.1) is 0 Å². The summed E-state index contributed by atoms with van der Waals surface area (Å²) >= 11 is 0. The van der Waals surface area contributed by atoms with E-state index in [0.29, 0.717) is 6.54 Å². The van der Waals surface area contributed by atoms with Gasteiger partial charge in [0.15, 0.2) is 0 Å². The van der Waals surface area contributed by atoms with Gasteiger partial charge in [0.25, 0.3) is 0 Å². The molecule has 3 N–H and O–H groups in total. The van der Waals surface area contributed by atoms with Crippen molar-refractivity contribution in [2.75, 3.05) is 0 Å². The van der Waals surface area contributed by atoms with Gasteiger partial charge in [-0.15, -0.1) is 0 Å². The van der Waals surface area contributed by atoms with E-state index in [1.54, 1.807) is 12.1 Å². The SMILES string of the molecule is NS(=O)(=O)c1ccc(CNC(=O)C2(c3ccccc3)CCCC2)cc1. The minimum absolute atomic E-state index is 0.0340. The molecule has 1 aliphatic carbocycles. The number of nitrogens with two attached hydrogens (primary N) is 1. The number of rotatable bonds is 5.